The molecule has 31 heavy (non-hydrogen) atoms. The molecule has 1 nitrogen and oxygen atoms in total. The Balaban J connectivity index is 2.14. The third-order valence-electron chi connectivity index (χ3n) is 6.28. The lowest BCUT2D eigenvalue weighted by Crippen LogP contribution is -2.30. The second-order valence-electron chi connectivity index (χ2n) is 8.48. The van der Waals surface area contributed by atoms with Gasteiger partial charge in [-0.15, -0.1) is 0 Å². The summed E-state index contributed by atoms with van der Waals surface area (Å²) in [6, 6.07) is 8.78. The molecule has 0 N–H and O–H groups in total. The highest BCUT2D eigenvalue weighted by Crippen LogP contribution is 2.49. The summed E-state index contributed by atoms with van der Waals surface area (Å²) in [5.74, 6) is -2.03. The van der Waals surface area contributed by atoms with Crippen LogP contribution in [0.4, 0.5) is 22.0 Å². The van der Waals surface area contributed by atoms with E-state index in [4.69, 9.17) is 4.74 Å². The molecule has 2 aromatic rings. The Hall–Kier alpha value is -2.11. The molecule has 3 rings (SSSR count). The largest absolute Gasteiger partial charge is 0.481 e. The highest BCUT2D eigenvalue weighted by Gasteiger charge is 2.38. The maximum absolute atomic E-state index is 15.6. The molecule has 1 aliphatic carbocycles. The fourth-order valence-corrected chi connectivity index (χ4v) is 4.79. The van der Waals surface area contributed by atoms with Gasteiger partial charge in [-0.1, -0.05) is 69.7 Å². The topological polar surface area (TPSA) is 9.23 Å². The molecule has 170 valence electrons. The molecule has 0 aromatic heterocycles. The zero-order valence-corrected chi connectivity index (χ0v) is 17.8. The van der Waals surface area contributed by atoms with Gasteiger partial charge >= 0.3 is 6.18 Å². The summed E-state index contributed by atoms with van der Waals surface area (Å²) in [6.45, 7) is 0.520. The van der Waals surface area contributed by atoms with E-state index in [9.17, 15) is 17.6 Å². The standard InChI is InChI=1S/C25H29F5O/c1-2-3-7-14-24(15-8-4-9-16-24)19-12-13-21(31-17-25(28,29)30)23(27)22(19)18-10-5-6-11-20(18)26/h5-6,10-13H,2-4,7-9,14-17H2,1H3. The van der Waals surface area contributed by atoms with Gasteiger partial charge in [0.25, 0.3) is 0 Å². The van der Waals surface area contributed by atoms with Crippen LogP contribution < -0.4 is 4.74 Å². The zero-order chi connectivity index (χ0) is 22.5. The fourth-order valence-electron chi connectivity index (χ4n) is 4.79. The number of hydrogen-bond acceptors (Lipinski definition) is 1. The Kier molecular flexibility index (Phi) is 7.60. The van der Waals surface area contributed by atoms with E-state index in [-0.39, 0.29) is 16.5 Å². The number of hydrogen-bond donors (Lipinski definition) is 0. The van der Waals surface area contributed by atoms with Gasteiger partial charge in [-0.3, -0.25) is 0 Å². The maximum Gasteiger partial charge on any atom is 0.422 e. The van der Waals surface area contributed by atoms with Gasteiger partial charge in [-0.2, -0.15) is 13.2 Å². The predicted octanol–water partition coefficient (Wildman–Crippen LogP) is 8.36. The number of halogens is 5. The molecule has 0 heterocycles. The smallest absolute Gasteiger partial charge is 0.422 e. The lowest BCUT2D eigenvalue weighted by molar-refractivity contribution is -0.153. The molecule has 0 unspecified atom stereocenters. The van der Waals surface area contributed by atoms with Crippen molar-refractivity contribution < 1.29 is 26.7 Å². The van der Waals surface area contributed by atoms with Crippen LogP contribution in [0, 0.1) is 11.6 Å². The number of benzene rings is 2. The Morgan fingerprint density at radius 2 is 1.65 bits per heavy atom. The molecule has 1 saturated carbocycles. The molecule has 0 saturated heterocycles. The first-order valence-electron chi connectivity index (χ1n) is 11.0. The van der Waals surface area contributed by atoms with Gasteiger partial charge in [-0.25, -0.2) is 8.78 Å². The van der Waals surface area contributed by atoms with E-state index in [1.807, 2.05) is 0 Å². The van der Waals surface area contributed by atoms with Crippen molar-refractivity contribution >= 4 is 0 Å². The maximum atomic E-state index is 15.6. The summed E-state index contributed by atoms with van der Waals surface area (Å²) in [4.78, 5) is 0. The average molecular weight is 440 g/mol. The summed E-state index contributed by atoms with van der Waals surface area (Å²) in [5.41, 5.74) is 0.475. The van der Waals surface area contributed by atoms with Crippen molar-refractivity contribution in [1.82, 2.24) is 0 Å². The SMILES string of the molecule is CCCCCC1(c2ccc(OCC(F)(F)F)c(F)c2-c2ccccc2F)CCCCC1. The Labute approximate surface area is 180 Å². The van der Waals surface area contributed by atoms with E-state index >= 15 is 4.39 Å². The summed E-state index contributed by atoms with van der Waals surface area (Å²) in [5, 5.41) is 0. The summed E-state index contributed by atoms with van der Waals surface area (Å²) >= 11 is 0. The van der Waals surface area contributed by atoms with Crippen molar-refractivity contribution in [3.05, 3.63) is 53.6 Å². The molecule has 0 bridgehead atoms. The summed E-state index contributed by atoms with van der Waals surface area (Å²) in [7, 11) is 0. The van der Waals surface area contributed by atoms with Crippen molar-refractivity contribution in [1.29, 1.82) is 0 Å². The molecule has 0 aliphatic heterocycles. The molecule has 1 aliphatic rings. The average Bonchev–Trinajstić information content (AvgIpc) is 2.73. The number of ether oxygens (including phenoxy) is 1. The lowest BCUT2D eigenvalue weighted by atomic mass is 9.65. The van der Waals surface area contributed by atoms with Crippen LogP contribution in [0.5, 0.6) is 5.75 Å². The van der Waals surface area contributed by atoms with Gasteiger partial charge in [0, 0.05) is 11.1 Å². The molecule has 0 atom stereocenters. The minimum absolute atomic E-state index is 0.0381. The van der Waals surface area contributed by atoms with Gasteiger partial charge in [0.1, 0.15) is 5.82 Å². The van der Waals surface area contributed by atoms with E-state index in [0.717, 1.165) is 57.8 Å². The van der Waals surface area contributed by atoms with E-state index in [0.29, 0.717) is 5.56 Å². The number of unbranched alkanes of at least 4 members (excludes halogenated alkanes) is 2. The van der Waals surface area contributed by atoms with Crippen molar-refractivity contribution in [2.45, 2.75) is 76.3 Å². The van der Waals surface area contributed by atoms with E-state index in [2.05, 4.69) is 6.92 Å². The number of rotatable bonds is 8. The summed E-state index contributed by atoms with van der Waals surface area (Å²) < 4.78 is 73.1. The van der Waals surface area contributed by atoms with Crippen LogP contribution in [0.3, 0.4) is 0 Å². The molecular formula is C25H29F5O. The molecule has 0 amide bonds. The van der Waals surface area contributed by atoms with Crippen LogP contribution >= 0.6 is 0 Å². The first-order chi connectivity index (χ1) is 14.8. The van der Waals surface area contributed by atoms with Gasteiger partial charge in [-0.05, 0) is 42.4 Å². The second kappa shape index (κ2) is 10.0. The third kappa shape index (κ3) is 5.58. The molecule has 0 radical (unpaired) electrons. The van der Waals surface area contributed by atoms with Crippen LogP contribution in [-0.4, -0.2) is 12.8 Å². The zero-order valence-electron chi connectivity index (χ0n) is 17.8. The quantitative estimate of drug-likeness (QED) is 0.296. The van der Waals surface area contributed by atoms with Crippen LogP contribution in [-0.2, 0) is 5.41 Å². The van der Waals surface area contributed by atoms with E-state index < -0.39 is 30.2 Å². The van der Waals surface area contributed by atoms with Crippen LogP contribution in [0.25, 0.3) is 11.1 Å². The van der Waals surface area contributed by atoms with Crippen molar-refractivity contribution in [2.75, 3.05) is 6.61 Å². The summed E-state index contributed by atoms with van der Waals surface area (Å²) in [6.07, 6.45) is 4.15. The van der Waals surface area contributed by atoms with Gasteiger partial charge in [0.2, 0.25) is 0 Å². The number of alkyl halides is 3. The second-order valence-corrected chi connectivity index (χ2v) is 8.48. The van der Waals surface area contributed by atoms with Crippen LogP contribution in [0.2, 0.25) is 0 Å². The minimum atomic E-state index is -4.59. The first-order valence-corrected chi connectivity index (χ1v) is 11.0. The highest BCUT2D eigenvalue weighted by molar-refractivity contribution is 5.72. The Morgan fingerprint density at radius 1 is 0.935 bits per heavy atom. The van der Waals surface area contributed by atoms with Gasteiger partial charge in [0.15, 0.2) is 18.2 Å². The Bertz CT molecular complexity index is 869. The molecule has 2 aromatic carbocycles. The molecule has 0 spiro atoms. The molecule has 6 heteroatoms. The van der Waals surface area contributed by atoms with Crippen molar-refractivity contribution in [2.24, 2.45) is 0 Å². The van der Waals surface area contributed by atoms with E-state index in [1.165, 1.54) is 24.3 Å². The Morgan fingerprint density at radius 3 is 2.29 bits per heavy atom. The van der Waals surface area contributed by atoms with Gasteiger partial charge < -0.3 is 4.74 Å². The first kappa shape index (κ1) is 23.6. The van der Waals surface area contributed by atoms with Crippen molar-refractivity contribution in [3.8, 4) is 16.9 Å². The van der Waals surface area contributed by atoms with Crippen LogP contribution in [0.1, 0.15) is 70.3 Å². The third-order valence-corrected chi connectivity index (χ3v) is 6.28. The fraction of sp³-hybridized carbons (Fsp3) is 0.520. The lowest BCUT2D eigenvalue weighted by Gasteiger charge is -2.40. The molecular weight excluding hydrogens is 411 g/mol. The van der Waals surface area contributed by atoms with Crippen molar-refractivity contribution in [3.63, 3.8) is 0 Å². The normalized spacial score (nSPS) is 16.3. The monoisotopic (exact) mass is 440 g/mol. The predicted molar refractivity (Wildman–Crippen MR) is 112 cm³/mol. The molecule has 1 fully saturated rings. The van der Waals surface area contributed by atoms with Crippen LogP contribution in [0.15, 0.2) is 36.4 Å². The van der Waals surface area contributed by atoms with Gasteiger partial charge in [0.05, 0.1) is 0 Å². The highest BCUT2D eigenvalue weighted by atomic mass is 19.4. The minimum Gasteiger partial charge on any atom is -0.481 e. The van der Waals surface area contributed by atoms with E-state index in [1.54, 1.807) is 12.1 Å².